The molecule has 3 rings (SSSR count). The van der Waals surface area contributed by atoms with E-state index in [1.807, 2.05) is 11.9 Å². The van der Waals surface area contributed by atoms with Crippen LogP contribution in [0.3, 0.4) is 0 Å². The number of hydrogen-bond donors (Lipinski definition) is 1. The lowest BCUT2D eigenvalue weighted by Crippen LogP contribution is -2.34. The van der Waals surface area contributed by atoms with Crippen LogP contribution in [0, 0.1) is 17.8 Å². The molecule has 2 aliphatic rings. The number of carbonyl (C=O) groups is 1. The Labute approximate surface area is 120 Å². The van der Waals surface area contributed by atoms with Gasteiger partial charge in [-0.1, -0.05) is 13.3 Å². The molecular formula is C15H24N4O. The van der Waals surface area contributed by atoms with Gasteiger partial charge in [0.1, 0.15) is 5.82 Å². The Morgan fingerprint density at radius 1 is 1.40 bits per heavy atom. The minimum absolute atomic E-state index is 0.0497. The third-order valence-electron chi connectivity index (χ3n) is 4.95. The van der Waals surface area contributed by atoms with Crippen LogP contribution < -0.4 is 0 Å². The molecule has 3 atom stereocenters. The smallest absolute Gasteiger partial charge is 0.293 e. The van der Waals surface area contributed by atoms with Crippen molar-refractivity contribution in [1.82, 2.24) is 20.1 Å². The highest BCUT2D eigenvalue weighted by molar-refractivity contribution is 5.90. The van der Waals surface area contributed by atoms with Crippen LogP contribution in [0.4, 0.5) is 0 Å². The summed E-state index contributed by atoms with van der Waals surface area (Å²) in [6.45, 7) is 2.95. The number of aromatic amines is 1. The van der Waals surface area contributed by atoms with Gasteiger partial charge >= 0.3 is 0 Å². The summed E-state index contributed by atoms with van der Waals surface area (Å²) in [6.07, 6.45) is 7.30. The second-order valence-corrected chi connectivity index (χ2v) is 6.48. The van der Waals surface area contributed by atoms with Crippen molar-refractivity contribution < 1.29 is 4.79 Å². The number of hydrogen-bond acceptors (Lipinski definition) is 3. The predicted molar refractivity (Wildman–Crippen MR) is 76.3 cm³/mol. The maximum Gasteiger partial charge on any atom is 0.293 e. The fraction of sp³-hybridized carbons (Fsp3) is 0.800. The van der Waals surface area contributed by atoms with Gasteiger partial charge in [0.2, 0.25) is 5.82 Å². The van der Waals surface area contributed by atoms with Gasteiger partial charge in [-0.25, -0.2) is 4.98 Å². The summed E-state index contributed by atoms with van der Waals surface area (Å²) < 4.78 is 0. The summed E-state index contributed by atoms with van der Waals surface area (Å²) >= 11 is 0. The van der Waals surface area contributed by atoms with Crippen LogP contribution in [0.2, 0.25) is 0 Å². The lowest BCUT2D eigenvalue weighted by atomic mass is 9.88. The van der Waals surface area contributed by atoms with E-state index in [0.29, 0.717) is 11.7 Å². The van der Waals surface area contributed by atoms with E-state index in [2.05, 4.69) is 22.1 Å². The van der Waals surface area contributed by atoms with Crippen molar-refractivity contribution in [3.05, 3.63) is 11.6 Å². The van der Waals surface area contributed by atoms with E-state index in [-0.39, 0.29) is 5.91 Å². The normalized spacial score (nSPS) is 28.0. The van der Waals surface area contributed by atoms with Crippen LogP contribution >= 0.6 is 0 Å². The van der Waals surface area contributed by atoms with Crippen LogP contribution in [0.25, 0.3) is 0 Å². The lowest BCUT2D eigenvalue weighted by Gasteiger charge is -2.26. The summed E-state index contributed by atoms with van der Waals surface area (Å²) in [5.74, 6) is 3.54. The quantitative estimate of drug-likeness (QED) is 0.897. The SMILES string of the molecule is CCCc1nc(C(=O)N(C)CC2CC3CCC2C3)n[nH]1. The summed E-state index contributed by atoms with van der Waals surface area (Å²) in [5, 5.41) is 6.91. The first-order chi connectivity index (χ1) is 9.67. The van der Waals surface area contributed by atoms with Gasteiger partial charge in [-0.2, -0.15) is 0 Å². The number of aromatic nitrogens is 3. The molecule has 20 heavy (non-hydrogen) atoms. The second-order valence-electron chi connectivity index (χ2n) is 6.48. The Morgan fingerprint density at radius 2 is 2.25 bits per heavy atom. The number of fused-ring (bicyclic) bond motifs is 2. The van der Waals surface area contributed by atoms with E-state index >= 15 is 0 Å². The van der Waals surface area contributed by atoms with Gasteiger partial charge in [-0.15, -0.1) is 5.10 Å². The Hall–Kier alpha value is -1.39. The number of aryl methyl sites for hydroxylation is 1. The Morgan fingerprint density at radius 3 is 2.90 bits per heavy atom. The molecule has 3 unspecified atom stereocenters. The third-order valence-corrected chi connectivity index (χ3v) is 4.95. The first kappa shape index (κ1) is 13.6. The number of H-pyrrole nitrogens is 1. The Bertz CT molecular complexity index is 484. The molecule has 0 saturated heterocycles. The molecule has 5 heteroatoms. The zero-order valence-electron chi connectivity index (χ0n) is 12.4. The zero-order valence-corrected chi connectivity index (χ0v) is 12.4. The average Bonchev–Trinajstić information content (AvgIpc) is 3.14. The third kappa shape index (κ3) is 2.58. The maximum absolute atomic E-state index is 12.3. The topological polar surface area (TPSA) is 61.9 Å². The van der Waals surface area contributed by atoms with Crippen molar-refractivity contribution in [2.45, 2.75) is 45.4 Å². The Kier molecular flexibility index (Phi) is 3.76. The Balaban J connectivity index is 1.58. The molecular weight excluding hydrogens is 252 g/mol. The van der Waals surface area contributed by atoms with Gasteiger partial charge in [0.15, 0.2) is 0 Å². The van der Waals surface area contributed by atoms with Crippen LogP contribution in [0.1, 0.15) is 55.5 Å². The molecule has 0 spiro atoms. The molecule has 2 bridgehead atoms. The molecule has 1 N–H and O–H groups in total. The minimum Gasteiger partial charge on any atom is -0.339 e. The van der Waals surface area contributed by atoms with Crippen LogP contribution in [0.5, 0.6) is 0 Å². The first-order valence-corrected chi connectivity index (χ1v) is 7.84. The highest BCUT2D eigenvalue weighted by Crippen LogP contribution is 2.48. The fourth-order valence-electron chi connectivity index (χ4n) is 3.95. The average molecular weight is 276 g/mol. The van der Waals surface area contributed by atoms with Crippen molar-refractivity contribution in [1.29, 1.82) is 0 Å². The monoisotopic (exact) mass is 276 g/mol. The van der Waals surface area contributed by atoms with Crippen LogP contribution in [-0.4, -0.2) is 39.6 Å². The molecule has 5 nitrogen and oxygen atoms in total. The zero-order chi connectivity index (χ0) is 14.1. The molecule has 0 aromatic carbocycles. The van der Waals surface area contributed by atoms with Gasteiger partial charge in [-0.3, -0.25) is 9.89 Å². The molecule has 1 aromatic rings. The molecule has 1 aromatic heterocycles. The van der Waals surface area contributed by atoms with E-state index < -0.39 is 0 Å². The summed E-state index contributed by atoms with van der Waals surface area (Å²) in [7, 11) is 1.88. The van der Waals surface area contributed by atoms with E-state index in [0.717, 1.165) is 37.0 Å². The largest absolute Gasteiger partial charge is 0.339 e. The summed E-state index contributed by atoms with van der Waals surface area (Å²) in [6, 6.07) is 0. The summed E-state index contributed by atoms with van der Waals surface area (Å²) in [5.41, 5.74) is 0. The van der Waals surface area contributed by atoms with Crippen molar-refractivity contribution >= 4 is 5.91 Å². The molecule has 110 valence electrons. The molecule has 1 heterocycles. The van der Waals surface area contributed by atoms with Crippen molar-refractivity contribution in [2.24, 2.45) is 17.8 Å². The van der Waals surface area contributed by atoms with E-state index in [1.165, 1.54) is 25.7 Å². The van der Waals surface area contributed by atoms with E-state index in [9.17, 15) is 4.79 Å². The number of nitrogens with zero attached hydrogens (tertiary/aromatic N) is 3. The first-order valence-electron chi connectivity index (χ1n) is 7.84. The molecule has 2 fully saturated rings. The highest BCUT2D eigenvalue weighted by atomic mass is 16.2. The van der Waals surface area contributed by atoms with Crippen molar-refractivity contribution in [3.63, 3.8) is 0 Å². The van der Waals surface area contributed by atoms with Gasteiger partial charge in [0.05, 0.1) is 0 Å². The van der Waals surface area contributed by atoms with Gasteiger partial charge in [0, 0.05) is 20.0 Å². The van der Waals surface area contributed by atoms with E-state index in [4.69, 9.17) is 0 Å². The van der Waals surface area contributed by atoms with Gasteiger partial charge < -0.3 is 4.90 Å². The lowest BCUT2D eigenvalue weighted by molar-refractivity contribution is 0.0742. The van der Waals surface area contributed by atoms with Crippen LogP contribution in [0.15, 0.2) is 0 Å². The standard InChI is InChI=1S/C15H24N4O/c1-3-4-13-16-14(18-17-13)15(20)19(2)9-12-8-10-5-6-11(12)7-10/h10-12H,3-9H2,1-2H3,(H,16,17,18). The molecule has 2 saturated carbocycles. The molecule has 1 amide bonds. The number of carbonyl (C=O) groups excluding carboxylic acids is 1. The minimum atomic E-state index is -0.0497. The predicted octanol–water partition coefficient (Wildman–Crippen LogP) is 2.27. The van der Waals surface area contributed by atoms with Crippen molar-refractivity contribution in [2.75, 3.05) is 13.6 Å². The number of amides is 1. The maximum atomic E-state index is 12.3. The van der Waals surface area contributed by atoms with Gasteiger partial charge in [-0.05, 0) is 43.4 Å². The number of nitrogens with one attached hydrogen (secondary N) is 1. The fourth-order valence-corrected chi connectivity index (χ4v) is 3.95. The van der Waals surface area contributed by atoms with Crippen molar-refractivity contribution in [3.8, 4) is 0 Å². The second kappa shape index (κ2) is 5.54. The molecule has 0 aliphatic heterocycles. The van der Waals surface area contributed by atoms with Crippen LogP contribution in [-0.2, 0) is 6.42 Å². The number of rotatable bonds is 5. The molecule has 0 radical (unpaired) electrons. The van der Waals surface area contributed by atoms with Gasteiger partial charge in [0.25, 0.3) is 5.91 Å². The van der Waals surface area contributed by atoms with E-state index in [1.54, 1.807) is 0 Å². The molecule has 2 aliphatic carbocycles. The highest BCUT2D eigenvalue weighted by Gasteiger charge is 2.40. The summed E-state index contributed by atoms with van der Waals surface area (Å²) in [4.78, 5) is 18.4.